The zero-order valence-electron chi connectivity index (χ0n) is 10.6. The van der Waals surface area contributed by atoms with Crippen molar-refractivity contribution in [1.82, 2.24) is 0 Å². The van der Waals surface area contributed by atoms with Gasteiger partial charge in [-0.1, -0.05) is 38.0 Å². The summed E-state index contributed by atoms with van der Waals surface area (Å²) in [6, 6.07) is 8.26. The van der Waals surface area contributed by atoms with Gasteiger partial charge < -0.3 is 4.74 Å². The van der Waals surface area contributed by atoms with E-state index in [2.05, 4.69) is 32.1 Å². The van der Waals surface area contributed by atoms with Crippen LogP contribution in [-0.4, -0.2) is 7.11 Å². The van der Waals surface area contributed by atoms with Crippen molar-refractivity contribution in [3.8, 4) is 5.75 Å². The van der Waals surface area contributed by atoms with Gasteiger partial charge in [0, 0.05) is 0 Å². The summed E-state index contributed by atoms with van der Waals surface area (Å²) in [7, 11) is 1.70. The molecule has 1 rings (SSSR count). The predicted octanol–water partition coefficient (Wildman–Crippen LogP) is 4.68. The quantitative estimate of drug-likeness (QED) is 0.630. The highest BCUT2D eigenvalue weighted by atomic mass is 16.5. The minimum absolute atomic E-state index is 0.919. The SMILES string of the molecule is CCCCC/C=C(\C)c1ccc(OC)cc1. The molecule has 0 bridgehead atoms. The maximum Gasteiger partial charge on any atom is 0.118 e. The van der Waals surface area contributed by atoms with Crippen molar-refractivity contribution in [2.24, 2.45) is 0 Å². The maximum absolute atomic E-state index is 5.14. The second kappa shape index (κ2) is 7.10. The molecule has 0 heterocycles. The van der Waals surface area contributed by atoms with Crippen molar-refractivity contribution in [3.63, 3.8) is 0 Å². The lowest BCUT2D eigenvalue weighted by molar-refractivity contribution is 0.415. The van der Waals surface area contributed by atoms with E-state index in [9.17, 15) is 0 Å². The van der Waals surface area contributed by atoms with Gasteiger partial charge in [0.25, 0.3) is 0 Å². The van der Waals surface area contributed by atoms with Gasteiger partial charge in [0.15, 0.2) is 0 Å². The molecule has 0 saturated carbocycles. The summed E-state index contributed by atoms with van der Waals surface area (Å²) in [5, 5.41) is 0. The van der Waals surface area contributed by atoms with Crippen molar-refractivity contribution in [1.29, 1.82) is 0 Å². The molecule has 16 heavy (non-hydrogen) atoms. The van der Waals surface area contributed by atoms with Crippen LogP contribution < -0.4 is 4.74 Å². The molecule has 1 heteroatoms. The van der Waals surface area contributed by atoms with Crippen LogP contribution in [0.3, 0.4) is 0 Å². The van der Waals surface area contributed by atoms with Crippen LogP contribution in [0, 0.1) is 0 Å². The zero-order valence-corrected chi connectivity index (χ0v) is 10.6. The first-order valence-electron chi connectivity index (χ1n) is 6.09. The number of benzene rings is 1. The van der Waals surface area contributed by atoms with Crippen molar-refractivity contribution >= 4 is 5.57 Å². The van der Waals surface area contributed by atoms with Crippen molar-refractivity contribution in [2.45, 2.75) is 39.5 Å². The Morgan fingerprint density at radius 1 is 1.19 bits per heavy atom. The molecule has 88 valence electrons. The van der Waals surface area contributed by atoms with Crippen LogP contribution in [0.5, 0.6) is 5.75 Å². The number of allylic oxidation sites excluding steroid dienone is 2. The van der Waals surface area contributed by atoms with Crippen LogP contribution in [0.15, 0.2) is 30.3 Å². The van der Waals surface area contributed by atoms with Crippen LogP contribution in [0.4, 0.5) is 0 Å². The van der Waals surface area contributed by atoms with Gasteiger partial charge >= 0.3 is 0 Å². The van der Waals surface area contributed by atoms with Crippen LogP contribution in [0.2, 0.25) is 0 Å². The lowest BCUT2D eigenvalue weighted by atomic mass is 10.1. The third kappa shape index (κ3) is 4.09. The number of unbranched alkanes of at least 4 members (excludes halogenated alkanes) is 3. The van der Waals surface area contributed by atoms with Gasteiger partial charge in [0.1, 0.15) is 5.75 Å². The van der Waals surface area contributed by atoms with Gasteiger partial charge in [0.2, 0.25) is 0 Å². The third-order valence-corrected chi connectivity index (χ3v) is 2.80. The highest BCUT2D eigenvalue weighted by Crippen LogP contribution is 2.19. The zero-order chi connectivity index (χ0) is 11.8. The first-order valence-corrected chi connectivity index (χ1v) is 6.09. The van der Waals surface area contributed by atoms with E-state index in [1.807, 2.05) is 12.1 Å². The van der Waals surface area contributed by atoms with Crippen molar-refractivity contribution in [3.05, 3.63) is 35.9 Å². The smallest absolute Gasteiger partial charge is 0.118 e. The summed E-state index contributed by atoms with van der Waals surface area (Å²) < 4.78 is 5.14. The lowest BCUT2D eigenvalue weighted by Gasteiger charge is -2.04. The Hall–Kier alpha value is -1.24. The van der Waals surface area contributed by atoms with E-state index < -0.39 is 0 Å². The van der Waals surface area contributed by atoms with Gasteiger partial charge in [-0.05, 0) is 43.0 Å². The minimum atomic E-state index is 0.919. The molecule has 0 atom stereocenters. The molecule has 0 amide bonds. The van der Waals surface area contributed by atoms with E-state index >= 15 is 0 Å². The highest BCUT2D eigenvalue weighted by Gasteiger charge is 1.96. The van der Waals surface area contributed by atoms with Crippen LogP contribution in [-0.2, 0) is 0 Å². The average molecular weight is 218 g/mol. The molecule has 0 saturated heterocycles. The van der Waals surface area contributed by atoms with E-state index in [0.717, 1.165) is 5.75 Å². The first kappa shape index (κ1) is 12.8. The molecule has 1 nitrogen and oxygen atoms in total. The van der Waals surface area contributed by atoms with E-state index in [1.54, 1.807) is 7.11 Å². The Morgan fingerprint density at radius 2 is 1.88 bits per heavy atom. The Labute approximate surface area is 99.1 Å². The Bertz CT molecular complexity index is 322. The molecule has 1 aromatic rings. The molecule has 0 aliphatic carbocycles. The van der Waals surface area contributed by atoms with E-state index in [4.69, 9.17) is 4.74 Å². The summed E-state index contributed by atoms with van der Waals surface area (Å²) >= 11 is 0. The number of methoxy groups -OCH3 is 1. The van der Waals surface area contributed by atoms with E-state index in [-0.39, 0.29) is 0 Å². The molecular weight excluding hydrogens is 196 g/mol. The normalized spacial score (nSPS) is 11.6. The van der Waals surface area contributed by atoms with Gasteiger partial charge in [-0.15, -0.1) is 0 Å². The topological polar surface area (TPSA) is 9.23 Å². The van der Waals surface area contributed by atoms with Crippen molar-refractivity contribution in [2.75, 3.05) is 7.11 Å². The van der Waals surface area contributed by atoms with Gasteiger partial charge in [-0.3, -0.25) is 0 Å². The monoisotopic (exact) mass is 218 g/mol. The molecule has 0 aromatic heterocycles. The van der Waals surface area contributed by atoms with Crippen LogP contribution in [0.1, 0.15) is 45.1 Å². The summed E-state index contributed by atoms with van der Waals surface area (Å²) in [4.78, 5) is 0. The average Bonchev–Trinajstić information content (AvgIpc) is 2.34. The summed E-state index contributed by atoms with van der Waals surface area (Å²) in [5.74, 6) is 0.919. The second-order valence-corrected chi connectivity index (χ2v) is 4.11. The maximum atomic E-state index is 5.14. The fourth-order valence-corrected chi connectivity index (χ4v) is 1.68. The number of hydrogen-bond donors (Lipinski definition) is 0. The number of ether oxygens (including phenoxy) is 1. The molecular formula is C15H22O. The fourth-order valence-electron chi connectivity index (χ4n) is 1.68. The molecule has 0 radical (unpaired) electrons. The molecule has 0 fully saturated rings. The lowest BCUT2D eigenvalue weighted by Crippen LogP contribution is -1.84. The van der Waals surface area contributed by atoms with E-state index in [1.165, 1.54) is 36.8 Å². The number of rotatable bonds is 6. The first-order chi connectivity index (χ1) is 7.77. The molecule has 0 spiro atoms. The molecule has 0 aliphatic rings. The van der Waals surface area contributed by atoms with Crippen molar-refractivity contribution < 1.29 is 4.74 Å². The summed E-state index contributed by atoms with van der Waals surface area (Å²) in [6.07, 6.45) is 7.43. The Balaban J connectivity index is 2.54. The highest BCUT2D eigenvalue weighted by molar-refractivity contribution is 5.64. The second-order valence-electron chi connectivity index (χ2n) is 4.11. The third-order valence-electron chi connectivity index (χ3n) is 2.80. The Kier molecular flexibility index (Phi) is 5.69. The van der Waals surface area contributed by atoms with Gasteiger partial charge in [-0.2, -0.15) is 0 Å². The van der Waals surface area contributed by atoms with E-state index in [0.29, 0.717) is 0 Å². The van der Waals surface area contributed by atoms with Gasteiger partial charge in [-0.25, -0.2) is 0 Å². The predicted molar refractivity (Wildman–Crippen MR) is 70.8 cm³/mol. The summed E-state index contributed by atoms with van der Waals surface area (Å²) in [5.41, 5.74) is 2.65. The molecule has 1 aromatic carbocycles. The van der Waals surface area contributed by atoms with Crippen LogP contribution >= 0.6 is 0 Å². The molecule has 0 aliphatic heterocycles. The Morgan fingerprint density at radius 3 is 2.44 bits per heavy atom. The van der Waals surface area contributed by atoms with Crippen LogP contribution in [0.25, 0.3) is 5.57 Å². The minimum Gasteiger partial charge on any atom is -0.497 e. The number of hydrogen-bond acceptors (Lipinski definition) is 1. The molecule has 0 N–H and O–H groups in total. The van der Waals surface area contributed by atoms with Gasteiger partial charge in [0.05, 0.1) is 7.11 Å². The standard InChI is InChI=1S/C15H22O/c1-4-5-6-7-8-13(2)14-9-11-15(16-3)12-10-14/h8-12H,4-7H2,1-3H3/b13-8+. The molecule has 0 unspecified atom stereocenters. The fraction of sp³-hybridized carbons (Fsp3) is 0.467. The largest absolute Gasteiger partial charge is 0.497 e. The summed E-state index contributed by atoms with van der Waals surface area (Å²) in [6.45, 7) is 4.41.